The Balaban J connectivity index is 1.46. The van der Waals surface area contributed by atoms with E-state index >= 15 is 0 Å². The summed E-state index contributed by atoms with van der Waals surface area (Å²) in [6, 6.07) is 15.8. The van der Waals surface area contributed by atoms with E-state index < -0.39 is 0 Å². The molecule has 2 heterocycles. The van der Waals surface area contributed by atoms with Crippen LogP contribution in [0, 0.1) is 13.8 Å². The van der Waals surface area contributed by atoms with E-state index in [1.165, 1.54) is 10.9 Å². The number of carbonyl (C=O) groups excluding carboxylic acids is 1. The predicted molar refractivity (Wildman–Crippen MR) is 103 cm³/mol. The van der Waals surface area contributed by atoms with Gasteiger partial charge in [0.2, 0.25) is 0 Å². The molecule has 0 radical (unpaired) electrons. The molecule has 4 aromatic rings. The van der Waals surface area contributed by atoms with Crippen LogP contribution in [0.15, 0.2) is 54.7 Å². The van der Waals surface area contributed by atoms with Crippen molar-refractivity contribution in [1.82, 2.24) is 19.9 Å². The van der Waals surface area contributed by atoms with E-state index in [0.29, 0.717) is 12.1 Å². The molecule has 4 rings (SSSR count). The van der Waals surface area contributed by atoms with E-state index in [4.69, 9.17) is 0 Å². The van der Waals surface area contributed by atoms with E-state index in [-0.39, 0.29) is 5.91 Å². The Hall–Kier alpha value is -3.21. The van der Waals surface area contributed by atoms with Gasteiger partial charge in [0.25, 0.3) is 5.91 Å². The molecular formula is C21H20N4O. The van der Waals surface area contributed by atoms with Crippen molar-refractivity contribution in [1.29, 1.82) is 0 Å². The maximum Gasteiger partial charge on any atom is 0.251 e. The molecular weight excluding hydrogens is 324 g/mol. The fourth-order valence-corrected chi connectivity index (χ4v) is 3.10. The van der Waals surface area contributed by atoms with Crippen molar-refractivity contribution < 1.29 is 4.79 Å². The Bertz CT molecular complexity index is 1110. The molecule has 0 spiro atoms. The van der Waals surface area contributed by atoms with Crippen LogP contribution >= 0.6 is 0 Å². The topological polar surface area (TPSA) is 59.8 Å². The lowest BCUT2D eigenvalue weighted by atomic mass is 10.1. The Kier molecular flexibility index (Phi) is 4.13. The summed E-state index contributed by atoms with van der Waals surface area (Å²) >= 11 is 0. The zero-order valence-electron chi connectivity index (χ0n) is 14.9. The third-order valence-corrected chi connectivity index (χ3v) is 4.66. The van der Waals surface area contributed by atoms with Crippen LogP contribution in [0.25, 0.3) is 21.9 Å². The fraction of sp³-hybridized carbons (Fsp3) is 0.190. The highest BCUT2D eigenvalue weighted by Gasteiger charge is 2.09. The van der Waals surface area contributed by atoms with Gasteiger partial charge in [-0.05, 0) is 49.6 Å². The number of aromatic nitrogens is 3. The maximum atomic E-state index is 12.5. The summed E-state index contributed by atoms with van der Waals surface area (Å²) in [7, 11) is 0. The summed E-state index contributed by atoms with van der Waals surface area (Å²) in [5.74, 6) is -0.0941. The van der Waals surface area contributed by atoms with Gasteiger partial charge in [-0.3, -0.25) is 4.79 Å². The quantitative estimate of drug-likeness (QED) is 0.615. The molecule has 0 unspecified atom stereocenters. The summed E-state index contributed by atoms with van der Waals surface area (Å²) in [6.07, 6.45) is 2.05. The van der Waals surface area contributed by atoms with E-state index in [9.17, 15) is 4.79 Å². The van der Waals surface area contributed by atoms with Gasteiger partial charge in [-0.2, -0.15) is 0 Å². The first kappa shape index (κ1) is 16.3. The van der Waals surface area contributed by atoms with E-state index in [1.807, 2.05) is 38.2 Å². The number of hydrogen-bond donors (Lipinski definition) is 1. The zero-order valence-corrected chi connectivity index (χ0v) is 14.9. The number of fused-ring (bicyclic) bond motifs is 2. The molecule has 0 aliphatic heterocycles. The lowest BCUT2D eigenvalue weighted by Crippen LogP contribution is -2.27. The molecule has 0 aliphatic rings. The van der Waals surface area contributed by atoms with Gasteiger partial charge in [0.1, 0.15) is 0 Å². The summed E-state index contributed by atoms with van der Waals surface area (Å²) in [5.41, 5.74) is 5.13. The predicted octanol–water partition coefficient (Wildman–Crippen LogP) is 3.63. The molecule has 0 saturated carbocycles. The van der Waals surface area contributed by atoms with Crippen LogP contribution in [-0.2, 0) is 6.54 Å². The van der Waals surface area contributed by atoms with Gasteiger partial charge in [0.15, 0.2) is 0 Å². The van der Waals surface area contributed by atoms with Crippen molar-refractivity contribution in [2.24, 2.45) is 0 Å². The van der Waals surface area contributed by atoms with Crippen LogP contribution in [0.1, 0.15) is 21.7 Å². The Morgan fingerprint density at radius 1 is 1.00 bits per heavy atom. The number of nitrogens with zero attached hydrogens (tertiary/aromatic N) is 3. The average Bonchev–Trinajstić information content (AvgIpc) is 3.05. The second-order valence-electron chi connectivity index (χ2n) is 6.42. The molecule has 5 heteroatoms. The van der Waals surface area contributed by atoms with E-state index in [0.717, 1.165) is 29.0 Å². The minimum Gasteiger partial charge on any atom is -0.350 e. The molecule has 0 aliphatic carbocycles. The number of hydrogen-bond acceptors (Lipinski definition) is 3. The van der Waals surface area contributed by atoms with E-state index in [1.54, 1.807) is 12.1 Å². The first-order valence-electron chi connectivity index (χ1n) is 8.69. The standard InChI is InChI=1S/C21H20N4O/c1-14-15(2)24-19-13-17(7-8-18(19)23-14)21(26)22-10-12-25-11-9-16-5-3-4-6-20(16)25/h3-9,11,13H,10,12H2,1-2H3,(H,22,26). The minimum absolute atomic E-state index is 0.0941. The van der Waals surface area contributed by atoms with Crippen LogP contribution in [0.5, 0.6) is 0 Å². The fourth-order valence-electron chi connectivity index (χ4n) is 3.10. The monoisotopic (exact) mass is 344 g/mol. The van der Waals surface area contributed by atoms with Crippen LogP contribution < -0.4 is 5.32 Å². The number of nitrogens with one attached hydrogen (secondary N) is 1. The highest BCUT2D eigenvalue weighted by Crippen LogP contribution is 2.16. The second kappa shape index (κ2) is 6.59. The van der Waals surface area contributed by atoms with Gasteiger partial charge >= 0.3 is 0 Å². The van der Waals surface area contributed by atoms with Gasteiger partial charge in [0.05, 0.1) is 22.4 Å². The number of carbonyl (C=O) groups is 1. The minimum atomic E-state index is -0.0941. The van der Waals surface area contributed by atoms with Crippen molar-refractivity contribution in [3.05, 3.63) is 71.7 Å². The van der Waals surface area contributed by atoms with Crippen molar-refractivity contribution >= 4 is 27.8 Å². The molecule has 0 bridgehead atoms. The molecule has 26 heavy (non-hydrogen) atoms. The molecule has 2 aromatic heterocycles. The Morgan fingerprint density at radius 2 is 1.77 bits per heavy atom. The first-order chi connectivity index (χ1) is 12.6. The van der Waals surface area contributed by atoms with Crippen LogP contribution in [-0.4, -0.2) is 27.0 Å². The van der Waals surface area contributed by atoms with Gasteiger partial charge in [-0.25, -0.2) is 9.97 Å². The van der Waals surface area contributed by atoms with Crippen molar-refractivity contribution in [3.63, 3.8) is 0 Å². The highest BCUT2D eigenvalue weighted by molar-refractivity contribution is 5.97. The number of benzene rings is 2. The third-order valence-electron chi connectivity index (χ3n) is 4.66. The average molecular weight is 344 g/mol. The summed E-state index contributed by atoms with van der Waals surface area (Å²) in [4.78, 5) is 21.5. The van der Waals surface area contributed by atoms with Gasteiger partial charge in [0, 0.05) is 30.4 Å². The van der Waals surface area contributed by atoms with Crippen molar-refractivity contribution in [2.45, 2.75) is 20.4 Å². The maximum absolute atomic E-state index is 12.5. The zero-order chi connectivity index (χ0) is 18.1. The number of rotatable bonds is 4. The summed E-state index contributed by atoms with van der Waals surface area (Å²) in [6.45, 7) is 5.16. The normalized spacial score (nSPS) is 11.2. The molecule has 0 atom stereocenters. The lowest BCUT2D eigenvalue weighted by Gasteiger charge is -2.09. The first-order valence-corrected chi connectivity index (χ1v) is 8.69. The second-order valence-corrected chi connectivity index (χ2v) is 6.42. The van der Waals surface area contributed by atoms with Crippen LogP contribution in [0.2, 0.25) is 0 Å². The Labute approximate surface area is 151 Å². The molecule has 0 saturated heterocycles. The van der Waals surface area contributed by atoms with Crippen LogP contribution in [0.3, 0.4) is 0 Å². The lowest BCUT2D eigenvalue weighted by molar-refractivity contribution is 0.0952. The highest BCUT2D eigenvalue weighted by atomic mass is 16.1. The summed E-state index contributed by atoms with van der Waals surface area (Å²) in [5, 5.41) is 4.19. The van der Waals surface area contributed by atoms with Crippen molar-refractivity contribution in [2.75, 3.05) is 6.54 Å². The smallest absolute Gasteiger partial charge is 0.251 e. The molecule has 1 N–H and O–H groups in total. The number of para-hydroxylation sites is 1. The van der Waals surface area contributed by atoms with E-state index in [2.05, 4.69) is 38.1 Å². The number of amides is 1. The number of aryl methyl sites for hydroxylation is 2. The molecule has 0 fully saturated rings. The molecule has 130 valence electrons. The molecule has 5 nitrogen and oxygen atoms in total. The van der Waals surface area contributed by atoms with Crippen LogP contribution in [0.4, 0.5) is 0 Å². The third kappa shape index (κ3) is 3.04. The van der Waals surface area contributed by atoms with Crippen molar-refractivity contribution in [3.8, 4) is 0 Å². The van der Waals surface area contributed by atoms with Gasteiger partial charge < -0.3 is 9.88 Å². The van der Waals surface area contributed by atoms with Gasteiger partial charge in [-0.15, -0.1) is 0 Å². The largest absolute Gasteiger partial charge is 0.350 e. The Morgan fingerprint density at radius 3 is 2.62 bits per heavy atom. The summed E-state index contributed by atoms with van der Waals surface area (Å²) < 4.78 is 2.15. The van der Waals surface area contributed by atoms with Gasteiger partial charge in [-0.1, -0.05) is 18.2 Å². The molecule has 2 aromatic carbocycles. The molecule has 1 amide bonds. The SMILES string of the molecule is Cc1nc2ccc(C(=O)NCCn3ccc4ccccc43)cc2nc1C.